The standard InChI is InChI=1S/C26H35F2N5O6/c1-14-11-19-18(12-32(14)25(37)39-26(3,4)5)21(31-30-19)23(36)33(13-20(34)22(35)29-6)15(2)16-7-9-17(10-8-16)38-24(27)28/h7-10,14-15,20,24,34H,11-13H2,1-6H3,(H,29,35)(H,30,31)/t14-,15+,20-/m1/s1. The summed E-state index contributed by atoms with van der Waals surface area (Å²) in [5.41, 5.74) is 1.08. The number of aliphatic hydroxyl groups is 1. The Kier molecular flexibility index (Phi) is 9.15. The van der Waals surface area contributed by atoms with Crippen molar-refractivity contribution in [2.24, 2.45) is 0 Å². The van der Waals surface area contributed by atoms with Crippen LogP contribution < -0.4 is 10.1 Å². The number of rotatable bonds is 8. The molecule has 2 heterocycles. The Bertz CT molecular complexity index is 1180. The Labute approximate surface area is 225 Å². The number of nitrogens with zero attached hydrogens (tertiary/aromatic N) is 3. The van der Waals surface area contributed by atoms with Crippen molar-refractivity contribution in [2.75, 3.05) is 13.6 Å². The molecule has 214 valence electrons. The first kappa shape index (κ1) is 29.8. The van der Waals surface area contributed by atoms with Gasteiger partial charge in [-0.1, -0.05) is 12.1 Å². The summed E-state index contributed by atoms with van der Waals surface area (Å²) in [6.07, 6.45) is -1.65. The fourth-order valence-corrected chi connectivity index (χ4v) is 4.31. The van der Waals surface area contributed by atoms with Gasteiger partial charge >= 0.3 is 12.7 Å². The Balaban J connectivity index is 1.93. The van der Waals surface area contributed by atoms with Gasteiger partial charge in [0.2, 0.25) is 5.91 Å². The lowest BCUT2D eigenvalue weighted by atomic mass is 9.98. The second-order valence-electron chi connectivity index (χ2n) is 10.4. The molecule has 3 amide bonds. The number of carbonyl (C=O) groups excluding carboxylic acids is 3. The van der Waals surface area contributed by atoms with E-state index in [-0.39, 0.29) is 30.6 Å². The van der Waals surface area contributed by atoms with Gasteiger partial charge in [-0.2, -0.15) is 13.9 Å². The van der Waals surface area contributed by atoms with Crippen LogP contribution in [0.5, 0.6) is 5.75 Å². The third-order valence-electron chi connectivity index (χ3n) is 6.38. The first-order valence-electron chi connectivity index (χ1n) is 12.5. The predicted octanol–water partition coefficient (Wildman–Crippen LogP) is 3.00. The van der Waals surface area contributed by atoms with Crippen molar-refractivity contribution >= 4 is 17.9 Å². The number of amides is 3. The number of alkyl halides is 2. The molecule has 0 aliphatic carbocycles. The molecule has 39 heavy (non-hydrogen) atoms. The quantitative estimate of drug-likeness (QED) is 0.459. The minimum Gasteiger partial charge on any atom is -0.444 e. The number of H-pyrrole nitrogens is 1. The molecule has 0 unspecified atom stereocenters. The summed E-state index contributed by atoms with van der Waals surface area (Å²) < 4.78 is 35.0. The van der Waals surface area contributed by atoms with Crippen LogP contribution in [0.25, 0.3) is 0 Å². The summed E-state index contributed by atoms with van der Waals surface area (Å²) in [6, 6.07) is 4.80. The van der Waals surface area contributed by atoms with Crippen molar-refractivity contribution in [1.29, 1.82) is 0 Å². The molecule has 1 aromatic heterocycles. The number of benzene rings is 1. The van der Waals surface area contributed by atoms with E-state index >= 15 is 0 Å². The van der Waals surface area contributed by atoms with Crippen molar-refractivity contribution in [1.82, 2.24) is 25.3 Å². The zero-order valence-corrected chi connectivity index (χ0v) is 22.8. The van der Waals surface area contributed by atoms with Gasteiger partial charge in [0, 0.05) is 30.8 Å². The van der Waals surface area contributed by atoms with Crippen LogP contribution in [-0.4, -0.2) is 81.0 Å². The molecule has 1 aromatic carbocycles. The van der Waals surface area contributed by atoms with Crippen molar-refractivity contribution in [3.63, 3.8) is 0 Å². The van der Waals surface area contributed by atoms with Crippen molar-refractivity contribution in [3.05, 3.63) is 46.8 Å². The van der Waals surface area contributed by atoms with Crippen LogP contribution in [0.15, 0.2) is 24.3 Å². The molecular weight excluding hydrogens is 516 g/mol. The smallest absolute Gasteiger partial charge is 0.410 e. The molecule has 0 saturated carbocycles. The van der Waals surface area contributed by atoms with Gasteiger partial charge in [-0.25, -0.2) is 4.79 Å². The van der Waals surface area contributed by atoms with Crippen LogP contribution in [0.4, 0.5) is 13.6 Å². The largest absolute Gasteiger partial charge is 0.444 e. The highest BCUT2D eigenvalue weighted by Gasteiger charge is 2.37. The molecule has 1 aliphatic rings. The van der Waals surface area contributed by atoms with E-state index in [4.69, 9.17) is 4.74 Å². The number of likely N-dealkylation sites (N-methyl/N-ethyl adjacent to an activating group) is 1. The van der Waals surface area contributed by atoms with Crippen LogP contribution in [0.3, 0.4) is 0 Å². The Morgan fingerprint density at radius 2 is 1.90 bits per heavy atom. The summed E-state index contributed by atoms with van der Waals surface area (Å²) in [4.78, 5) is 41.6. The average Bonchev–Trinajstić information content (AvgIpc) is 3.26. The van der Waals surface area contributed by atoms with Gasteiger partial charge in [0.25, 0.3) is 5.91 Å². The highest BCUT2D eigenvalue weighted by molar-refractivity contribution is 5.95. The van der Waals surface area contributed by atoms with E-state index in [0.717, 1.165) is 0 Å². The van der Waals surface area contributed by atoms with Gasteiger partial charge in [-0.05, 0) is 52.3 Å². The predicted molar refractivity (Wildman–Crippen MR) is 136 cm³/mol. The molecule has 0 radical (unpaired) electrons. The molecule has 0 spiro atoms. The zero-order valence-electron chi connectivity index (χ0n) is 22.8. The van der Waals surface area contributed by atoms with E-state index < -0.39 is 42.3 Å². The van der Waals surface area contributed by atoms with E-state index in [0.29, 0.717) is 23.2 Å². The summed E-state index contributed by atoms with van der Waals surface area (Å²) in [7, 11) is 1.36. The topological polar surface area (TPSA) is 137 Å². The number of hydrogen-bond acceptors (Lipinski definition) is 7. The first-order chi connectivity index (χ1) is 18.2. The van der Waals surface area contributed by atoms with Gasteiger partial charge < -0.3 is 29.7 Å². The summed E-state index contributed by atoms with van der Waals surface area (Å²) >= 11 is 0. The SMILES string of the molecule is CNC(=O)[C@H](O)CN(C(=O)c1n[nH]c2c1CN(C(=O)OC(C)(C)C)[C@H](C)C2)[C@@H](C)c1ccc(OC(F)F)cc1. The molecule has 3 atom stereocenters. The minimum atomic E-state index is -2.98. The molecule has 0 bridgehead atoms. The molecule has 3 rings (SSSR count). The summed E-state index contributed by atoms with van der Waals surface area (Å²) in [5, 5.41) is 19.9. The van der Waals surface area contributed by atoms with Gasteiger partial charge in [0.05, 0.1) is 19.1 Å². The maximum atomic E-state index is 13.9. The van der Waals surface area contributed by atoms with Crippen LogP contribution in [0, 0.1) is 0 Å². The van der Waals surface area contributed by atoms with E-state index in [1.54, 1.807) is 27.7 Å². The number of carbonyl (C=O) groups is 3. The average molecular weight is 552 g/mol. The monoisotopic (exact) mass is 551 g/mol. The van der Waals surface area contributed by atoms with Crippen LogP contribution >= 0.6 is 0 Å². The third-order valence-corrected chi connectivity index (χ3v) is 6.38. The fourth-order valence-electron chi connectivity index (χ4n) is 4.31. The van der Waals surface area contributed by atoms with Crippen molar-refractivity contribution in [2.45, 2.75) is 78.0 Å². The highest BCUT2D eigenvalue weighted by atomic mass is 19.3. The number of hydrogen-bond donors (Lipinski definition) is 3. The fraction of sp³-hybridized carbons (Fsp3) is 0.538. The van der Waals surface area contributed by atoms with Crippen molar-refractivity contribution in [3.8, 4) is 5.75 Å². The van der Waals surface area contributed by atoms with Gasteiger partial charge in [-0.15, -0.1) is 0 Å². The molecule has 2 aromatic rings. The lowest BCUT2D eigenvalue weighted by Gasteiger charge is -2.35. The molecule has 13 heteroatoms. The van der Waals surface area contributed by atoms with E-state index in [9.17, 15) is 28.3 Å². The Hall–Kier alpha value is -3.74. The van der Waals surface area contributed by atoms with Gasteiger partial charge in [0.1, 0.15) is 17.5 Å². The Morgan fingerprint density at radius 3 is 2.46 bits per heavy atom. The number of ether oxygens (including phenoxy) is 2. The van der Waals surface area contributed by atoms with Gasteiger partial charge in [0.15, 0.2) is 5.69 Å². The maximum absolute atomic E-state index is 13.9. The molecule has 0 saturated heterocycles. The molecule has 0 fully saturated rings. The molecule has 1 aliphatic heterocycles. The Morgan fingerprint density at radius 1 is 1.26 bits per heavy atom. The third kappa shape index (κ3) is 7.22. The molecule has 11 nitrogen and oxygen atoms in total. The highest BCUT2D eigenvalue weighted by Crippen LogP contribution is 2.30. The van der Waals surface area contributed by atoms with E-state index in [1.165, 1.54) is 41.1 Å². The minimum absolute atomic E-state index is 0.0408. The normalized spacial score (nSPS) is 16.8. The maximum Gasteiger partial charge on any atom is 0.410 e. The number of fused-ring (bicyclic) bond motifs is 1. The second-order valence-corrected chi connectivity index (χ2v) is 10.4. The molecular formula is C26H35F2N5O6. The number of aromatic amines is 1. The van der Waals surface area contributed by atoms with Crippen molar-refractivity contribution < 1.29 is 37.7 Å². The second kappa shape index (κ2) is 12.0. The zero-order chi connectivity index (χ0) is 29.1. The summed E-state index contributed by atoms with van der Waals surface area (Å²) in [6.45, 7) is 5.55. The van der Waals surface area contributed by atoms with E-state index in [1.807, 2.05) is 6.92 Å². The van der Waals surface area contributed by atoms with Crippen LogP contribution in [-0.2, 0) is 22.5 Å². The van der Waals surface area contributed by atoms with Gasteiger partial charge in [-0.3, -0.25) is 14.7 Å². The summed E-state index contributed by atoms with van der Waals surface area (Å²) in [5.74, 6) is -1.33. The lowest BCUT2D eigenvalue weighted by molar-refractivity contribution is -0.129. The number of aliphatic hydroxyl groups excluding tert-OH is 1. The van der Waals surface area contributed by atoms with Crippen LogP contribution in [0.2, 0.25) is 0 Å². The first-order valence-corrected chi connectivity index (χ1v) is 12.5. The lowest BCUT2D eigenvalue weighted by Crippen LogP contribution is -2.47. The molecule has 3 N–H and O–H groups in total. The number of halogens is 2. The van der Waals surface area contributed by atoms with Crippen LogP contribution in [0.1, 0.15) is 68.0 Å². The number of aromatic nitrogens is 2. The van der Waals surface area contributed by atoms with E-state index in [2.05, 4.69) is 20.3 Å². The number of nitrogens with one attached hydrogen (secondary N) is 2.